The number of ketones is 1. The van der Waals surface area contributed by atoms with Crippen molar-refractivity contribution in [1.29, 1.82) is 0 Å². The number of carbonyl (C=O) groups excluding carboxylic acids is 2. The summed E-state index contributed by atoms with van der Waals surface area (Å²) in [6, 6.07) is 0. The molecule has 0 amide bonds. The standard InChI is InChI=1S/C18H34O3/c1-3-4-5-11-14-17(19)15-12-9-7-6-8-10-13-16-18(20)21-2/h3-16H2,1-2H3. The van der Waals surface area contributed by atoms with Crippen molar-refractivity contribution in [2.75, 3.05) is 7.11 Å². The average molecular weight is 298 g/mol. The second-order valence-corrected chi connectivity index (χ2v) is 5.90. The Kier molecular flexibility index (Phi) is 14.9. The molecule has 0 aliphatic heterocycles. The molecule has 0 spiro atoms. The van der Waals surface area contributed by atoms with Gasteiger partial charge < -0.3 is 4.74 Å². The number of hydrogen-bond donors (Lipinski definition) is 0. The summed E-state index contributed by atoms with van der Waals surface area (Å²) in [4.78, 5) is 22.5. The van der Waals surface area contributed by atoms with Gasteiger partial charge in [0.2, 0.25) is 0 Å². The van der Waals surface area contributed by atoms with Crippen LogP contribution in [-0.2, 0) is 14.3 Å². The van der Waals surface area contributed by atoms with Crippen molar-refractivity contribution >= 4 is 11.8 Å². The number of unbranched alkanes of at least 4 members (excludes halogenated alkanes) is 9. The summed E-state index contributed by atoms with van der Waals surface area (Å²) in [5.74, 6) is 0.344. The molecule has 0 atom stereocenters. The number of methoxy groups -OCH3 is 1. The van der Waals surface area contributed by atoms with Gasteiger partial charge in [-0.15, -0.1) is 0 Å². The van der Waals surface area contributed by atoms with Crippen LogP contribution in [0.5, 0.6) is 0 Å². The van der Waals surface area contributed by atoms with E-state index in [4.69, 9.17) is 0 Å². The van der Waals surface area contributed by atoms with Crippen molar-refractivity contribution in [1.82, 2.24) is 0 Å². The Balaban J connectivity index is 3.17. The van der Waals surface area contributed by atoms with Crippen LogP contribution < -0.4 is 0 Å². The van der Waals surface area contributed by atoms with Gasteiger partial charge in [-0.3, -0.25) is 9.59 Å². The van der Waals surface area contributed by atoms with Crippen molar-refractivity contribution in [2.45, 2.75) is 96.8 Å². The molecular weight excluding hydrogens is 264 g/mol. The van der Waals surface area contributed by atoms with Gasteiger partial charge in [-0.1, -0.05) is 58.3 Å². The Bertz CT molecular complexity index is 261. The van der Waals surface area contributed by atoms with Crippen molar-refractivity contribution in [2.24, 2.45) is 0 Å². The van der Waals surface area contributed by atoms with E-state index in [1.807, 2.05) is 0 Å². The summed E-state index contributed by atoms with van der Waals surface area (Å²) >= 11 is 0. The molecule has 0 saturated heterocycles. The minimum absolute atomic E-state index is 0.104. The van der Waals surface area contributed by atoms with Crippen LogP contribution >= 0.6 is 0 Å². The molecule has 0 aliphatic carbocycles. The Morgan fingerprint density at radius 1 is 0.667 bits per heavy atom. The maximum Gasteiger partial charge on any atom is 0.305 e. The van der Waals surface area contributed by atoms with Gasteiger partial charge in [0.25, 0.3) is 0 Å². The first-order chi connectivity index (χ1) is 10.2. The third kappa shape index (κ3) is 15.3. The van der Waals surface area contributed by atoms with E-state index in [-0.39, 0.29) is 5.97 Å². The van der Waals surface area contributed by atoms with Crippen LogP contribution in [0.15, 0.2) is 0 Å². The van der Waals surface area contributed by atoms with E-state index in [9.17, 15) is 9.59 Å². The molecule has 0 aromatic heterocycles. The Hall–Kier alpha value is -0.860. The highest BCUT2D eigenvalue weighted by molar-refractivity contribution is 5.78. The molecule has 0 rings (SSSR count). The fourth-order valence-corrected chi connectivity index (χ4v) is 2.45. The maximum atomic E-state index is 11.6. The summed E-state index contributed by atoms with van der Waals surface area (Å²) in [7, 11) is 1.44. The molecule has 0 unspecified atom stereocenters. The highest BCUT2D eigenvalue weighted by Crippen LogP contribution is 2.11. The van der Waals surface area contributed by atoms with Crippen LogP contribution in [-0.4, -0.2) is 18.9 Å². The molecule has 3 nitrogen and oxygen atoms in total. The lowest BCUT2D eigenvalue weighted by atomic mass is 10.0. The largest absolute Gasteiger partial charge is 0.469 e. The fraction of sp³-hybridized carbons (Fsp3) is 0.889. The van der Waals surface area contributed by atoms with E-state index in [0.717, 1.165) is 44.9 Å². The topological polar surface area (TPSA) is 43.4 Å². The predicted molar refractivity (Wildman–Crippen MR) is 87.3 cm³/mol. The summed E-state index contributed by atoms with van der Waals surface area (Å²) in [5.41, 5.74) is 0. The lowest BCUT2D eigenvalue weighted by molar-refractivity contribution is -0.140. The molecule has 0 aromatic carbocycles. The Morgan fingerprint density at radius 2 is 1.10 bits per heavy atom. The van der Waals surface area contributed by atoms with Gasteiger partial charge in [0.1, 0.15) is 5.78 Å². The average Bonchev–Trinajstić information content (AvgIpc) is 2.49. The number of ether oxygens (including phenoxy) is 1. The van der Waals surface area contributed by atoms with Crippen molar-refractivity contribution < 1.29 is 14.3 Å². The van der Waals surface area contributed by atoms with E-state index in [2.05, 4.69) is 11.7 Å². The van der Waals surface area contributed by atoms with Gasteiger partial charge in [0, 0.05) is 19.3 Å². The smallest absolute Gasteiger partial charge is 0.305 e. The van der Waals surface area contributed by atoms with Gasteiger partial charge >= 0.3 is 5.97 Å². The van der Waals surface area contributed by atoms with E-state index < -0.39 is 0 Å². The van der Waals surface area contributed by atoms with Crippen LogP contribution in [0.4, 0.5) is 0 Å². The first-order valence-corrected chi connectivity index (χ1v) is 8.79. The number of hydrogen-bond acceptors (Lipinski definition) is 3. The van der Waals surface area contributed by atoms with E-state index in [0.29, 0.717) is 12.2 Å². The van der Waals surface area contributed by atoms with Crippen LogP contribution in [0.3, 0.4) is 0 Å². The normalized spacial score (nSPS) is 10.6. The van der Waals surface area contributed by atoms with Gasteiger partial charge in [0.15, 0.2) is 0 Å². The van der Waals surface area contributed by atoms with E-state index in [1.165, 1.54) is 45.6 Å². The molecule has 3 heteroatoms. The zero-order valence-corrected chi connectivity index (χ0v) is 14.1. The molecule has 0 radical (unpaired) electrons. The summed E-state index contributed by atoms with van der Waals surface area (Å²) in [6.07, 6.45) is 14.7. The molecule has 21 heavy (non-hydrogen) atoms. The molecular formula is C18H34O3. The zero-order valence-electron chi connectivity index (χ0n) is 14.1. The van der Waals surface area contributed by atoms with Crippen molar-refractivity contribution in [3.63, 3.8) is 0 Å². The van der Waals surface area contributed by atoms with Crippen LogP contribution in [0.1, 0.15) is 96.8 Å². The first kappa shape index (κ1) is 20.1. The van der Waals surface area contributed by atoms with Crippen LogP contribution in [0, 0.1) is 0 Å². The molecule has 0 aliphatic rings. The Labute approximate surface area is 130 Å². The van der Waals surface area contributed by atoms with Crippen molar-refractivity contribution in [3.8, 4) is 0 Å². The van der Waals surface area contributed by atoms with Gasteiger partial charge in [-0.05, 0) is 19.3 Å². The summed E-state index contributed by atoms with van der Waals surface area (Å²) in [5, 5.41) is 0. The van der Waals surface area contributed by atoms with E-state index in [1.54, 1.807) is 0 Å². The number of Topliss-reactive ketones (excluding diaryl/α,β-unsaturated/α-hetero) is 1. The zero-order chi connectivity index (χ0) is 15.8. The molecule has 0 fully saturated rings. The summed E-state index contributed by atoms with van der Waals surface area (Å²) in [6.45, 7) is 2.19. The van der Waals surface area contributed by atoms with Crippen molar-refractivity contribution in [3.05, 3.63) is 0 Å². The lowest BCUT2D eigenvalue weighted by Gasteiger charge is -2.03. The monoisotopic (exact) mass is 298 g/mol. The number of rotatable bonds is 15. The van der Waals surface area contributed by atoms with Gasteiger partial charge in [0.05, 0.1) is 7.11 Å². The SMILES string of the molecule is CCCCCCC(=O)CCCCCCCCCC(=O)OC. The minimum Gasteiger partial charge on any atom is -0.469 e. The fourth-order valence-electron chi connectivity index (χ4n) is 2.45. The lowest BCUT2D eigenvalue weighted by Crippen LogP contribution is -1.99. The second kappa shape index (κ2) is 15.5. The molecule has 0 heterocycles. The number of esters is 1. The second-order valence-electron chi connectivity index (χ2n) is 5.90. The van der Waals surface area contributed by atoms with Gasteiger partial charge in [-0.25, -0.2) is 0 Å². The third-order valence-corrected chi connectivity index (χ3v) is 3.87. The quantitative estimate of drug-likeness (QED) is 0.308. The van der Waals surface area contributed by atoms with Gasteiger partial charge in [-0.2, -0.15) is 0 Å². The minimum atomic E-state index is -0.104. The molecule has 124 valence electrons. The highest BCUT2D eigenvalue weighted by atomic mass is 16.5. The van der Waals surface area contributed by atoms with E-state index >= 15 is 0 Å². The molecule has 0 bridgehead atoms. The molecule has 0 N–H and O–H groups in total. The first-order valence-electron chi connectivity index (χ1n) is 8.79. The Morgan fingerprint density at radius 3 is 1.57 bits per heavy atom. The number of carbonyl (C=O) groups is 2. The maximum absolute atomic E-state index is 11.6. The highest BCUT2D eigenvalue weighted by Gasteiger charge is 2.02. The van der Waals surface area contributed by atoms with Crippen LogP contribution in [0.2, 0.25) is 0 Å². The third-order valence-electron chi connectivity index (χ3n) is 3.87. The predicted octanol–water partition coefficient (Wildman–Crippen LogP) is 5.21. The summed E-state index contributed by atoms with van der Waals surface area (Å²) < 4.78 is 4.60. The van der Waals surface area contributed by atoms with Crippen LogP contribution in [0.25, 0.3) is 0 Å². The molecule has 0 aromatic rings. The molecule has 0 saturated carbocycles.